The maximum Gasteiger partial charge on any atom is 0.273 e. The summed E-state index contributed by atoms with van der Waals surface area (Å²) in [6, 6.07) is 0. The van der Waals surface area contributed by atoms with Gasteiger partial charge < -0.3 is 10.5 Å². The van der Waals surface area contributed by atoms with E-state index in [0.717, 1.165) is 11.6 Å². The van der Waals surface area contributed by atoms with Crippen LogP contribution < -0.4 is 10.5 Å². The molecule has 0 fully saturated rings. The Labute approximate surface area is 82.9 Å². The smallest absolute Gasteiger partial charge is 0.273 e. The van der Waals surface area contributed by atoms with Crippen LogP contribution >= 0.6 is 11.3 Å². The second kappa shape index (κ2) is 4.07. The molecule has 0 aliphatic rings. The lowest BCUT2D eigenvalue weighted by Crippen LogP contribution is -2.25. The van der Waals surface area contributed by atoms with Crippen LogP contribution in [-0.4, -0.2) is 18.6 Å². The van der Waals surface area contributed by atoms with Gasteiger partial charge in [0.05, 0.1) is 7.11 Å². The predicted molar refractivity (Wildman–Crippen MR) is 55.2 cm³/mol. The number of hydrogen-bond donors (Lipinski definition) is 1. The summed E-state index contributed by atoms with van der Waals surface area (Å²) < 4.78 is 5.02. The molecule has 0 bridgehead atoms. The molecule has 74 valence electrons. The second-order valence-corrected chi connectivity index (χ2v) is 4.92. The first-order valence-corrected chi connectivity index (χ1v) is 5.08. The molecule has 0 aliphatic carbocycles. The molecule has 0 aromatic carbocycles. The summed E-state index contributed by atoms with van der Waals surface area (Å²) in [6.07, 6.45) is 2.82. The molecule has 0 saturated carbocycles. The van der Waals surface area contributed by atoms with Crippen LogP contribution in [0, 0.1) is 5.41 Å². The molecular formula is C9H16N2OS. The van der Waals surface area contributed by atoms with Crippen LogP contribution in [0.3, 0.4) is 0 Å². The minimum atomic E-state index is 0.150. The predicted octanol–water partition coefficient (Wildman–Crippen LogP) is 1.68. The van der Waals surface area contributed by atoms with Gasteiger partial charge >= 0.3 is 0 Å². The van der Waals surface area contributed by atoms with Gasteiger partial charge in [-0.25, -0.2) is 4.98 Å². The lowest BCUT2D eigenvalue weighted by atomic mass is 9.89. The largest absolute Gasteiger partial charge is 0.473 e. The van der Waals surface area contributed by atoms with Crippen LogP contribution in [0.2, 0.25) is 0 Å². The molecule has 0 amide bonds. The molecule has 0 spiro atoms. The topological polar surface area (TPSA) is 48.1 Å². The van der Waals surface area contributed by atoms with Crippen molar-refractivity contribution >= 4 is 11.3 Å². The molecule has 0 radical (unpaired) electrons. The van der Waals surface area contributed by atoms with E-state index >= 15 is 0 Å². The Kier molecular flexibility index (Phi) is 3.27. The van der Waals surface area contributed by atoms with Crippen LogP contribution in [0.15, 0.2) is 6.20 Å². The molecule has 0 atom stereocenters. The maximum atomic E-state index is 5.65. The van der Waals surface area contributed by atoms with E-state index in [-0.39, 0.29) is 5.41 Å². The maximum absolute atomic E-state index is 5.65. The van der Waals surface area contributed by atoms with Crippen molar-refractivity contribution in [3.63, 3.8) is 0 Å². The zero-order valence-electron chi connectivity index (χ0n) is 8.33. The Morgan fingerprint density at radius 2 is 2.31 bits per heavy atom. The highest BCUT2D eigenvalue weighted by atomic mass is 32.1. The summed E-state index contributed by atoms with van der Waals surface area (Å²) in [7, 11) is 1.64. The first-order chi connectivity index (χ1) is 6.07. The molecule has 1 aromatic rings. The Morgan fingerprint density at radius 3 is 2.77 bits per heavy atom. The summed E-state index contributed by atoms with van der Waals surface area (Å²) >= 11 is 1.59. The van der Waals surface area contributed by atoms with Gasteiger partial charge in [-0.05, 0) is 18.4 Å². The van der Waals surface area contributed by atoms with Gasteiger partial charge in [0.15, 0.2) is 0 Å². The standard InChI is InChI=1S/C9H16N2OS/c1-9(2,6-10)4-7-5-11-8(12-3)13-7/h5H,4,6,10H2,1-3H3. The van der Waals surface area contributed by atoms with E-state index in [1.165, 1.54) is 4.88 Å². The van der Waals surface area contributed by atoms with E-state index in [9.17, 15) is 0 Å². The van der Waals surface area contributed by atoms with Gasteiger partial charge in [-0.15, -0.1) is 0 Å². The van der Waals surface area contributed by atoms with E-state index in [4.69, 9.17) is 10.5 Å². The fraction of sp³-hybridized carbons (Fsp3) is 0.667. The highest BCUT2D eigenvalue weighted by Crippen LogP contribution is 2.27. The van der Waals surface area contributed by atoms with Gasteiger partial charge in [-0.3, -0.25) is 0 Å². The number of aromatic nitrogens is 1. The molecule has 1 rings (SSSR count). The van der Waals surface area contributed by atoms with Crippen LogP contribution in [-0.2, 0) is 6.42 Å². The van der Waals surface area contributed by atoms with Gasteiger partial charge in [-0.2, -0.15) is 0 Å². The van der Waals surface area contributed by atoms with Crippen molar-refractivity contribution in [1.82, 2.24) is 4.98 Å². The van der Waals surface area contributed by atoms with E-state index in [0.29, 0.717) is 6.54 Å². The third-order valence-corrected chi connectivity index (χ3v) is 2.87. The summed E-state index contributed by atoms with van der Waals surface area (Å²) in [6.45, 7) is 4.99. The molecule has 1 aromatic heterocycles. The number of hydrogen-bond acceptors (Lipinski definition) is 4. The van der Waals surface area contributed by atoms with Crippen molar-refractivity contribution in [3.05, 3.63) is 11.1 Å². The SMILES string of the molecule is COc1ncc(CC(C)(C)CN)s1. The number of thiazole rings is 1. The first-order valence-electron chi connectivity index (χ1n) is 4.26. The van der Waals surface area contributed by atoms with Gasteiger partial charge in [0.1, 0.15) is 0 Å². The van der Waals surface area contributed by atoms with Gasteiger partial charge in [0, 0.05) is 11.1 Å². The fourth-order valence-corrected chi connectivity index (χ4v) is 1.99. The van der Waals surface area contributed by atoms with Gasteiger partial charge in [-0.1, -0.05) is 25.2 Å². The van der Waals surface area contributed by atoms with Gasteiger partial charge in [0.25, 0.3) is 5.19 Å². The Balaban J connectivity index is 2.63. The van der Waals surface area contributed by atoms with Crippen molar-refractivity contribution in [2.45, 2.75) is 20.3 Å². The third-order valence-electron chi connectivity index (χ3n) is 1.91. The lowest BCUT2D eigenvalue weighted by molar-refractivity contribution is 0.379. The molecule has 3 nitrogen and oxygen atoms in total. The van der Waals surface area contributed by atoms with Crippen molar-refractivity contribution < 1.29 is 4.74 Å². The monoisotopic (exact) mass is 200 g/mol. The molecule has 0 aliphatic heterocycles. The number of nitrogens with two attached hydrogens (primary N) is 1. The zero-order chi connectivity index (χ0) is 9.90. The van der Waals surface area contributed by atoms with E-state index < -0.39 is 0 Å². The van der Waals surface area contributed by atoms with Crippen molar-refractivity contribution in [2.24, 2.45) is 11.1 Å². The highest BCUT2D eigenvalue weighted by Gasteiger charge is 2.17. The van der Waals surface area contributed by atoms with Crippen molar-refractivity contribution in [2.75, 3.05) is 13.7 Å². The van der Waals surface area contributed by atoms with Crippen LogP contribution in [0.5, 0.6) is 5.19 Å². The molecule has 1 heterocycles. The Morgan fingerprint density at radius 1 is 1.62 bits per heavy atom. The van der Waals surface area contributed by atoms with Crippen LogP contribution in [0.25, 0.3) is 0 Å². The quantitative estimate of drug-likeness (QED) is 0.804. The minimum Gasteiger partial charge on any atom is -0.473 e. The molecule has 0 unspecified atom stereocenters. The highest BCUT2D eigenvalue weighted by molar-refractivity contribution is 7.13. The molecule has 0 saturated heterocycles. The second-order valence-electron chi connectivity index (χ2n) is 3.84. The summed E-state index contributed by atoms with van der Waals surface area (Å²) in [4.78, 5) is 5.34. The fourth-order valence-electron chi connectivity index (χ4n) is 1.01. The van der Waals surface area contributed by atoms with Crippen LogP contribution in [0.1, 0.15) is 18.7 Å². The Bertz CT molecular complexity index is 270. The minimum absolute atomic E-state index is 0.150. The molecule has 13 heavy (non-hydrogen) atoms. The van der Waals surface area contributed by atoms with E-state index in [2.05, 4.69) is 18.8 Å². The summed E-state index contributed by atoms with van der Waals surface area (Å²) in [5.74, 6) is 0. The Hall–Kier alpha value is -0.610. The normalized spacial score (nSPS) is 11.7. The number of ether oxygens (including phenoxy) is 1. The third kappa shape index (κ3) is 2.97. The average molecular weight is 200 g/mol. The number of methoxy groups -OCH3 is 1. The molecule has 4 heteroatoms. The summed E-state index contributed by atoms with van der Waals surface area (Å²) in [5, 5.41) is 0.725. The summed E-state index contributed by atoms with van der Waals surface area (Å²) in [5.41, 5.74) is 5.80. The number of rotatable bonds is 4. The first kappa shape index (κ1) is 10.5. The molecule has 2 N–H and O–H groups in total. The average Bonchev–Trinajstić information content (AvgIpc) is 2.52. The zero-order valence-corrected chi connectivity index (χ0v) is 9.15. The van der Waals surface area contributed by atoms with Gasteiger partial charge in [0.2, 0.25) is 0 Å². The van der Waals surface area contributed by atoms with Crippen molar-refractivity contribution in [1.29, 1.82) is 0 Å². The number of nitrogens with zero attached hydrogens (tertiary/aromatic N) is 1. The van der Waals surface area contributed by atoms with E-state index in [1.807, 2.05) is 6.20 Å². The van der Waals surface area contributed by atoms with E-state index in [1.54, 1.807) is 18.4 Å². The van der Waals surface area contributed by atoms with Crippen LogP contribution in [0.4, 0.5) is 0 Å². The van der Waals surface area contributed by atoms with Crippen molar-refractivity contribution in [3.8, 4) is 5.19 Å². The lowest BCUT2D eigenvalue weighted by Gasteiger charge is -2.20. The molecular weight excluding hydrogens is 184 g/mol.